The number of ketones is 1. The molecule has 0 spiro atoms. The highest BCUT2D eigenvalue weighted by Gasteiger charge is 2.21. The van der Waals surface area contributed by atoms with Gasteiger partial charge < -0.3 is 14.4 Å². The molecule has 0 bridgehead atoms. The molecule has 0 saturated carbocycles. The molecule has 0 aliphatic rings. The van der Waals surface area contributed by atoms with Gasteiger partial charge in [0.1, 0.15) is 17.4 Å². The third-order valence-corrected chi connectivity index (χ3v) is 5.13. The maximum absolute atomic E-state index is 13.2. The molecule has 0 radical (unpaired) electrons. The Morgan fingerprint density at radius 3 is 2.12 bits per heavy atom. The molecule has 4 rings (SSSR count). The van der Waals surface area contributed by atoms with Gasteiger partial charge in [-0.05, 0) is 53.6 Å². The zero-order valence-corrected chi connectivity index (χ0v) is 16.9. The van der Waals surface area contributed by atoms with E-state index in [4.69, 9.17) is 4.74 Å². The first-order valence-electron chi connectivity index (χ1n) is 9.93. The van der Waals surface area contributed by atoms with Gasteiger partial charge in [0, 0.05) is 30.1 Å². The predicted octanol–water partition coefficient (Wildman–Crippen LogP) is 4.86. The molecule has 0 amide bonds. The van der Waals surface area contributed by atoms with Gasteiger partial charge in [0.05, 0.1) is 12.2 Å². The summed E-state index contributed by atoms with van der Waals surface area (Å²) in [6.45, 7) is 0.671. The van der Waals surface area contributed by atoms with E-state index in [0.717, 1.165) is 11.1 Å². The SMILES string of the molecule is O=C(O)C(=O)c1cn(Cc2ccc(F)cc2)c2ccc(OCCc3ccc(F)cc3)cc12. The number of carbonyl (C=O) groups is 2. The zero-order valence-electron chi connectivity index (χ0n) is 16.9. The molecular formula is C25H19F2NO4. The van der Waals surface area contributed by atoms with Crippen molar-refractivity contribution in [2.24, 2.45) is 0 Å². The van der Waals surface area contributed by atoms with Crippen molar-refractivity contribution < 1.29 is 28.2 Å². The molecule has 0 atom stereocenters. The van der Waals surface area contributed by atoms with E-state index in [1.807, 2.05) is 0 Å². The molecule has 32 heavy (non-hydrogen) atoms. The van der Waals surface area contributed by atoms with Crippen molar-refractivity contribution in [3.05, 3.63) is 101 Å². The lowest BCUT2D eigenvalue weighted by molar-refractivity contribution is -0.131. The van der Waals surface area contributed by atoms with Crippen molar-refractivity contribution in [1.82, 2.24) is 4.57 Å². The number of aromatic nitrogens is 1. The molecule has 1 heterocycles. The number of hydrogen-bond acceptors (Lipinski definition) is 3. The van der Waals surface area contributed by atoms with Crippen molar-refractivity contribution in [2.75, 3.05) is 6.61 Å². The van der Waals surface area contributed by atoms with E-state index < -0.39 is 11.8 Å². The molecule has 7 heteroatoms. The van der Waals surface area contributed by atoms with Crippen LogP contribution in [0.1, 0.15) is 21.5 Å². The van der Waals surface area contributed by atoms with Crippen LogP contribution < -0.4 is 4.74 Å². The first-order valence-corrected chi connectivity index (χ1v) is 9.93. The summed E-state index contributed by atoms with van der Waals surface area (Å²) in [7, 11) is 0. The minimum atomic E-state index is -1.55. The molecule has 0 aliphatic carbocycles. The smallest absolute Gasteiger partial charge is 0.377 e. The second-order valence-corrected chi connectivity index (χ2v) is 7.34. The fraction of sp³-hybridized carbons (Fsp3) is 0.120. The van der Waals surface area contributed by atoms with Crippen LogP contribution in [0.5, 0.6) is 5.75 Å². The lowest BCUT2D eigenvalue weighted by Gasteiger charge is -2.09. The van der Waals surface area contributed by atoms with Crippen LogP contribution >= 0.6 is 0 Å². The Labute approximate surface area is 182 Å². The molecule has 162 valence electrons. The third kappa shape index (κ3) is 4.67. The molecule has 0 fully saturated rings. The van der Waals surface area contributed by atoms with E-state index in [9.17, 15) is 23.5 Å². The van der Waals surface area contributed by atoms with E-state index in [1.165, 1.54) is 30.5 Å². The maximum atomic E-state index is 13.2. The maximum Gasteiger partial charge on any atom is 0.377 e. The number of Topliss-reactive ketones (excluding diaryl/α,β-unsaturated/α-hetero) is 1. The average molecular weight is 435 g/mol. The summed E-state index contributed by atoms with van der Waals surface area (Å²) >= 11 is 0. The molecule has 0 aliphatic heterocycles. The number of carboxylic acid groups (broad SMARTS) is 1. The fourth-order valence-electron chi connectivity index (χ4n) is 3.52. The van der Waals surface area contributed by atoms with Crippen molar-refractivity contribution in [2.45, 2.75) is 13.0 Å². The summed E-state index contributed by atoms with van der Waals surface area (Å²) in [6.07, 6.45) is 2.05. The quantitative estimate of drug-likeness (QED) is 0.317. The Morgan fingerprint density at radius 1 is 0.875 bits per heavy atom. The van der Waals surface area contributed by atoms with Gasteiger partial charge in [-0.2, -0.15) is 0 Å². The highest BCUT2D eigenvalue weighted by Crippen LogP contribution is 2.28. The summed E-state index contributed by atoms with van der Waals surface area (Å²) in [4.78, 5) is 23.6. The number of benzene rings is 3. The standard InChI is InChI=1S/C25H19F2NO4/c26-18-5-1-16(2-6-18)11-12-32-20-9-10-23-21(13-20)22(24(29)25(30)31)15-28(23)14-17-3-7-19(27)8-4-17/h1-10,13,15H,11-12,14H2,(H,30,31). The number of halogens is 2. The van der Waals surface area contributed by atoms with Gasteiger partial charge in [0.2, 0.25) is 0 Å². The molecule has 1 aromatic heterocycles. The number of ether oxygens (including phenoxy) is 1. The van der Waals surface area contributed by atoms with Gasteiger partial charge in [-0.3, -0.25) is 4.79 Å². The van der Waals surface area contributed by atoms with E-state index in [0.29, 0.717) is 36.2 Å². The van der Waals surface area contributed by atoms with Crippen LogP contribution in [0, 0.1) is 11.6 Å². The lowest BCUT2D eigenvalue weighted by atomic mass is 10.1. The van der Waals surface area contributed by atoms with Gasteiger partial charge in [-0.15, -0.1) is 0 Å². The molecule has 3 aromatic carbocycles. The number of nitrogens with zero attached hydrogens (tertiary/aromatic N) is 1. The minimum Gasteiger partial charge on any atom is -0.493 e. The van der Waals surface area contributed by atoms with Crippen LogP contribution in [0.15, 0.2) is 72.9 Å². The highest BCUT2D eigenvalue weighted by molar-refractivity contribution is 6.42. The number of rotatable bonds is 8. The van der Waals surface area contributed by atoms with Crippen molar-refractivity contribution in [3.63, 3.8) is 0 Å². The number of aliphatic carboxylic acids is 1. The van der Waals surface area contributed by atoms with Gasteiger partial charge in [0.15, 0.2) is 0 Å². The first-order chi connectivity index (χ1) is 15.4. The molecule has 4 aromatic rings. The number of hydrogen-bond donors (Lipinski definition) is 1. The lowest BCUT2D eigenvalue weighted by Crippen LogP contribution is -2.12. The Balaban J connectivity index is 1.60. The van der Waals surface area contributed by atoms with Crippen LogP contribution in [-0.2, 0) is 17.8 Å². The Kier molecular flexibility index (Phi) is 5.98. The minimum absolute atomic E-state index is 0.0543. The first kappa shape index (κ1) is 21.2. The van der Waals surface area contributed by atoms with E-state index in [2.05, 4.69) is 0 Å². The summed E-state index contributed by atoms with van der Waals surface area (Å²) < 4.78 is 33.8. The molecule has 5 nitrogen and oxygen atoms in total. The van der Waals surface area contributed by atoms with Crippen molar-refractivity contribution >= 4 is 22.7 Å². The van der Waals surface area contributed by atoms with E-state index >= 15 is 0 Å². The van der Waals surface area contributed by atoms with Crippen LogP contribution in [0.2, 0.25) is 0 Å². The van der Waals surface area contributed by atoms with Crippen LogP contribution in [-0.4, -0.2) is 28.0 Å². The largest absolute Gasteiger partial charge is 0.493 e. The van der Waals surface area contributed by atoms with Gasteiger partial charge in [-0.25, -0.2) is 13.6 Å². The van der Waals surface area contributed by atoms with E-state index in [1.54, 1.807) is 47.0 Å². The summed E-state index contributed by atoms with van der Waals surface area (Å²) in [5.41, 5.74) is 2.43. The molecular weight excluding hydrogens is 416 g/mol. The topological polar surface area (TPSA) is 68.5 Å². The molecule has 0 saturated heterocycles. The second kappa shape index (κ2) is 9.01. The van der Waals surface area contributed by atoms with Crippen molar-refractivity contribution in [3.8, 4) is 5.75 Å². The Morgan fingerprint density at radius 2 is 1.50 bits per heavy atom. The van der Waals surface area contributed by atoms with Gasteiger partial charge in [0.25, 0.3) is 5.78 Å². The zero-order chi connectivity index (χ0) is 22.7. The number of carbonyl (C=O) groups excluding carboxylic acids is 1. The van der Waals surface area contributed by atoms with Crippen LogP contribution in [0.3, 0.4) is 0 Å². The predicted molar refractivity (Wildman–Crippen MR) is 115 cm³/mol. The Hall–Kier alpha value is -4.00. The third-order valence-electron chi connectivity index (χ3n) is 5.13. The molecule has 1 N–H and O–H groups in total. The van der Waals surface area contributed by atoms with Crippen molar-refractivity contribution in [1.29, 1.82) is 0 Å². The number of carboxylic acids is 1. The monoisotopic (exact) mass is 435 g/mol. The molecule has 0 unspecified atom stereocenters. The summed E-state index contributed by atoms with van der Waals surface area (Å²) in [5.74, 6) is -2.74. The Bertz CT molecular complexity index is 1280. The average Bonchev–Trinajstić information content (AvgIpc) is 3.13. The van der Waals surface area contributed by atoms with Gasteiger partial charge >= 0.3 is 5.97 Å². The normalized spacial score (nSPS) is 10.9. The summed E-state index contributed by atoms with van der Waals surface area (Å²) in [5, 5.41) is 9.68. The summed E-state index contributed by atoms with van der Waals surface area (Å²) in [6, 6.07) is 17.2. The number of fused-ring (bicyclic) bond motifs is 1. The highest BCUT2D eigenvalue weighted by atomic mass is 19.1. The van der Waals surface area contributed by atoms with E-state index in [-0.39, 0.29) is 17.2 Å². The van der Waals surface area contributed by atoms with Gasteiger partial charge in [-0.1, -0.05) is 24.3 Å². The second-order valence-electron chi connectivity index (χ2n) is 7.34. The fourth-order valence-corrected chi connectivity index (χ4v) is 3.52. The van der Waals surface area contributed by atoms with Crippen LogP contribution in [0.25, 0.3) is 10.9 Å². The van der Waals surface area contributed by atoms with Crippen LogP contribution in [0.4, 0.5) is 8.78 Å².